The van der Waals surface area contributed by atoms with E-state index in [1.165, 1.54) is 19.3 Å². The average molecular weight is 382 g/mol. The van der Waals surface area contributed by atoms with Gasteiger partial charge in [0.25, 0.3) is 0 Å². The topological polar surface area (TPSA) is 86.9 Å². The van der Waals surface area contributed by atoms with Crippen LogP contribution in [-0.2, 0) is 5.75 Å². The fraction of sp³-hybridized carbons (Fsp3) is 0.350. The van der Waals surface area contributed by atoms with Crippen molar-refractivity contribution < 1.29 is 9.21 Å². The lowest BCUT2D eigenvalue weighted by Crippen LogP contribution is -2.15. The highest BCUT2D eigenvalue weighted by Crippen LogP contribution is 2.36. The molecule has 1 aliphatic carbocycles. The number of amides is 1. The molecule has 2 aromatic heterocycles. The number of benzene rings is 1. The van der Waals surface area contributed by atoms with Crippen molar-refractivity contribution in [2.24, 2.45) is 5.73 Å². The maximum atomic E-state index is 11.2. The number of nitrogens with zero attached hydrogens (tertiary/aromatic N) is 3. The van der Waals surface area contributed by atoms with Crippen LogP contribution in [-0.4, -0.2) is 20.7 Å². The molecule has 6 nitrogen and oxygen atoms in total. The van der Waals surface area contributed by atoms with E-state index in [2.05, 4.69) is 14.8 Å². The molecule has 3 aromatic rings. The van der Waals surface area contributed by atoms with Crippen LogP contribution in [0.25, 0.3) is 11.6 Å². The van der Waals surface area contributed by atoms with E-state index < -0.39 is 5.91 Å². The van der Waals surface area contributed by atoms with Crippen molar-refractivity contribution in [2.45, 2.75) is 49.1 Å². The maximum absolute atomic E-state index is 11.2. The van der Waals surface area contributed by atoms with Gasteiger partial charge in [-0.05, 0) is 42.7 Å². The minimum atomic E-state index is -0.408. The van der Waals surface area contributed by atoms with Gasteiger partial charge >= 0.3 is 0 Å². The molecule has 1 amide bonds. The molecular formula is C20H22N4O2S. The highest BCUT2D eigenvalue weighted by Gasteiger charge is 2.24. The summed E-state index contributed by atoms with van der Waals surface area (Å²) in [6.45, 7) is 0. The quantitative estimate of drug-likeness (QED) is 0.637. The lowest BCUT2D eigenvalue weighted by Gasteiger charge is -2.25. The van der Waals surface area contributed by atoms with Gasteiger partial charge in [-0.15, -0.1) is 10.2 Å². The van der Waals surface area contributed by atoms with Gasteiger partial charge in [-0.25, -0.2) is 0 Å². The van der Waals surface area contributed by atoms with Gasteiger partial charge in [0.15, 0.2) is 10.9 Å². The molecule has 0 unspecified atom stereocenters. The number of carbonyl (C=O) groups excluding carboxylic acids is 1. The zero-order chi connectivity index (χ0) is 18.6. The van der Waals surface area contributed by atoms with Crippen LogP contribution in [0.3, 0.4) is 0 Å². The summed E-state index contributed by atoms with van der Waals surface area (Å²) >= 11 is 1.66. The Hall–Kier alpha value is -2.54. The molecule has 1 fully saturated rings. The van der Waals surface area contributed by atoms with Crippen LogP contribution in [0, 0.1) is 0 Å². The van der Waals surface area contributed by atoms with E-state index >= 15 is 0 Å². The third kappa shape index (κ3) is 3.93. The monoisotopic (exact) mass is 382 g/mol. The third-order valence-corrected chi connectivity index (χ3v) is 5.97. The first-order valence-corrected chi connectivity index (χ1v) is 10.2. The van der Waals surface area contributed by atoms with Crippen molar-refractivity contribution in [2.75, 3.05) is 0 Å². The molecule has 4 rings (SSSR count). The van der Waals surface area contributed by atoms with E-state index in [9.17, 15) is 4.79 Å². The van der Waals surface area contributed by atoms with Gasteiger partial charge in [-0.3, -0.25) is 9.36 Å². The van der Waals surface area contributed by atoms with Crippen LogP contribution in [0.2, 0.25) is 0 Å². The Labute approximate surface area is 162 Å². The maximum Gasteiger partial charge on any atom is 0.248 e. The Morgan fingerprint density at radius 3 is 2.59 bits per heavy atom. The molecule has 7 heteroatoms. The molecule has 1 saturated carbocycles. The number of carbonyl (C=O) groups is 1. The fourth-order valence-electron chi connectivity index (χ4n) is 3.53. The highest BCUT2D eigenvalue weighted by atomic mass is 32.2. The second kappa shape index (κ2) is 8.00. The van der Waals surface area contributed by atoms with Crippen LogP contribution in [0.5, 0.6) is 0 Å². The lowest BCUT2D eigenvalue weighted by molar-refractivity contribution is 0.100. The minimum Gasteiger partial charge on any atom is -0.461 e. The van der Waals surface area contributed by atoms with Crippen molar-refractivity contribution in [3.8, 4) is 11.6 Å². The van der Waals surface area contributed by atoms with Crippen molar-refractivity contribution in [1.29, 1.82) is 0 Å². The second-order valence-corrected chi connectivity index (χ2v) is 7.74. The number of hydrogen-bond acceptors (Lipinski definition) is 5. The summed E-state index contributed by atoms with van der Waals surface area (Å²) < 4.78 is 7.84. The van der Waals surface area contributed by atoms with Crippen molar-refractivity contribution in [3.63, 3.8) is 0 Å². The smallest absolute Gasteiger partial charge is 0.248 e. The number of thioether (sulfide) groups is 1. The van der Waals surface area contributed by atoms with Crippen LogP contribution in [0.1, 0.15) is 54.1 Å². The summed E-state index contributed by atoms with van der Waals surface area (Å²) in [5.41, 5.74) is 6.94. The Kier molecular flexibility index (Phi) is 5.29. The predicted octanol–water partition coefficient (Wildman–Crippen LogP) is 4.43. The number of rotatable bonds is 6. The first kappa shape index (κ1) is 17.9. The molecule has 140 valence electrons. The van der Waals surface area contributed by atoms with E-state index in [1.807, 2.05) is 24.3 Å². The highest BCUT2D eigenvalue weighted by molar-refractivity contribution is 7.98. The number of hydrogen-bond donors (Lipinski definition) is 1. The molecule has 1 aromatic carbocycles. The average Bonchev–Trinajstić information content (AvgIpc) is 3.37. The Bertz CT molecular complexity index is 897. The van der Waals surface area contributed by atoms with E-state index in [0.717, 1.165) is 40.9 Å². The molecule has 0 spiro atoms. The summed E-state index contributed by atoms with van der Waals surface area (Å²) in [7, 11) is 0. The van der Waals surface area contributed by atoms with Gasteiger partial charge in [0.05, 0.1) is 6.26 Å². The summed E-state index contributed by atoms with van der Waals surface area (Å²) in [4.78, 5) is 11.2. The number of nitrogens with two attached hydrogens (primary N) is 1. The number of aromatic nitrogens is 3. The predicted molar refractivity (Wildman–Crippen MR) is 104 cm³/mol. The summed E-state index contributed by atoms with van der Waals surface area (Å²) in [6.07, 6.45) is 7.73. The largest absolute Gasteiger partial charge is 0.461 e. The zero-order valence-electron chi connectivity index (χ0n) is 15.0. The summed E-state index contributed by atoms with van der Waals surface area (Å²) in [6, 6.07) is 11.6. The Morgan fingerprint density at radius 2 is 1.93 bits per heavy atom. The SMILES string of the molecule is NC(=O)c1ccc(CSc2nnc(-c3ccco3)n2C2CCCCC2)cc1. The van der Waals surface area contributed by atoms with E-state index in [0.29, 0.717) is 11.6 Å². The van der Waals surface area contributed by atoms with Gasteiger partial charge in [0, 0.05) is 17.4 Å². The van der Waals surface area contributed by atoms with Crippen LogP contribution in [0.4, 0.5) is 0 Å². The molecule has 0 saturated heterocycles. The standard InChI is InChI=1S/C20H22N4O2S/c21-18(25)15-10-8-14(9-11-15)13-27-20-23-22-19(17-7-4-12-26-17)24(20)16-5-2-1-3-6-16/h4,7-12,16H,1-3,5-6,13H2,(H2,21,25). The van der Waals surface area contributed by atoms with Crippen molar-refractivity contribution in [3.05, 3.63) is 53.8 Å². The molecule has 1 aliphatic rings. The van der Waals surface area contributed by atoms with Crippen LogP contribution >= 0.6 is 11.8 Å². The molecule has 0 bridgehead atoms. The summed E-state index contributed by atoms with van der Waals surface area (Å²) in [5, 5.41) is 9.78. The van der Waals surface area contributed by atoms with Gasteiger partial charge in [-0.1, -0.05) is 43.2 Å². The molecule has 0 radical (unpaired) electrons. The second-order valence-electron chi connectivity index (χ2n) is 6.80. The number of primary amides is 1. The normalized spacial score (nSPS) is 15.1. The van der Waals surface area contributed by atoms with E-state index in [-0.39, 0.29) is 0 Å². The zero-order valence-corrected chi connectivity index (χ0v) is 15.8. The molecule has 0 aliphatic heterocycles. The van der Waals surface area contributed by atoms with Gasteiger partial charge in [0.1, 0.15) is 0 Å². The van der Waals surface area contributed by atoms with Gasteiger partial charge < -0.3 is 10.2 Å². The molecular weight excluding hydrogens is 360 g/mol. The van der Waals surface area contributed by atoms with Crippen LogP contribution < -0.4 is 5.73 Å². The van der Waals surface area contributed by atoms with Crippen LogP contribution in [0.15, 0.2) is 52.2 Å². The minimum absolute atomic E-state index is 0.408. The van der Waals surface area contributed by atoms with Crippen molar-refractivity contribution >= 4 is 17.7 Å². The fourth-order valence-corrected chi connectivity index (χ4v) is 4.49. The van der Waals surface area contributed by atoms with E-state index in [1.54, 1.807) is 30.2 Å². The molecule has 0 atom stereocenters. The Balaban J connectivity index is 1.57. The molecule has 2 N–H and O–H groups in total. The molecule has 2 heterocycles. The van der Waals surface area contributed by atoms with Gasteiger partial charge in [0.2, 0.25) is 11.7 Å². The first-order chi connectivity index (χ1) is 13.2. The molecule has 27 heavy (non-hydrogen) atoms. The Morgan fingerprint density at radius 1 is 1.15 bits per heavy atom. The van der Waals surface area contributed by atoms with E-state index in [4.69, 9.17) is 10.2 Å². The van der Waals surface area contributed by atoms with Gasteiger partial charge in [-0.2, -0.15) is 0 Å². The number of furan rings is 1. The lowest BCUT2D eigenvalue weighted by atomic mass is 9.95. The van der Waals surface area contributed by atoms with Crippen molar-refractivity contribution in [1.82, 2.24) is 14.8 Å². The third-order valence-electron chi connectivity index (χ3n) is 4.95. The summed E-state index contributed by atoms with van der Waals surface area (Å²) in [5.74, 6) is 1.90. The first-order valence-electron chi connectivity index (χ1n) is 9.22.